The van der Waals surface area contributed by atoms with Crippen LogP contribution in [0.2, 0.25) is 5.02 Å². The van der Waals surface area contributed by atoms with E-state index < -0.39 is 11.9 Å². The molecule has 108 valence electrons. The second kappa shape index (κ2) is 7.24. The van der Waals surface area contributed by atoms with Crippen molar-refractivity contribution in [2.45, 2.75) is 0 Å². The van der Waals surface area contributed by atoms with Gasteiger partial charge < -0.3 is 10.1 Å². The molecule has 4 nitrogen and oxygen atoms in total. The first-order chi connectivity index (χ1) is 10.1. The van der Waals surface area contributed by atoms with Gasteiger partial charge >= 0.3 is 5.97 Å². The minimum absolute atomic E-state index is 0.370. The Hall–Kier alpha value is -1.85. The summed E-state index contributed by atoms with van der Waals surface area (Å²) in [5.74, 6) is -1.02. The number of benzene rings is 2. The second-order valence-corrected chi connectivity index (χ2v) is 5.44. The molecule has 0 aliphatic carbocycles. The highest BCUT2D eigenvalue weighted by atomic mass is 79.9. The van der Waals surface area contributed by atoms with Crippen LogP contribution < -0.4 is 5.32 Å². The van der Waals surface area contributed by atoms with Gasteiger partial charge in [0, 0.05) is 4.47 Å². The smallest absolute Gasteiger partial charge is 0.338 e. The molecule has 0 aromatic heterocycles. The fourth-order valence-electron chi connectivity index (χ4n) is 1.58. The van der Waals surface area contributed by atoms with Crippen LogP contribution in [0.4, 0.5) is 5.69 Å². The molecular formula is C15H11BrClNO3. The van der Waals surface area contributed by atoms with Gasteiger partial charge in [0.05, 0.1) is 16.3 Å². The molecule has 2 aromatic rings. The summed E-state index contributed by atoms with van der Waals surface area (Å²) in [7, 11) is 0. The summed E-state index contributed by atoms with van der Waals surface area (Å²) in [5, 5.41) is 2.99. The van der Waals surface area contributed by atoms with Gasteiger partial charge in [-0.25, -0.2) is 4.79 Å². The Balaban J connectivity index is 1.90. The predicted octanol–water partition coefficient (Wildman–Crippen LogP) is 3.90. The summed E-state index contributed by atoms with van der Waals surface area (Å²) < 4.78 is 5.70. The average molecular weight is 369 g/mol. The zero-order valence-corrected chi connectivity index (χ0v) is 13.1. The van der Waals surface area contributed by atoms with E-state index in [1.165, 1.54) is 0 Å². The minimum atomic E-state index is -0.564. The lowest BCUT2D eigenvalue weighted by atomic mass is 10.2. The van der Waals surface area contributed by atoms with Crippen molar-refractivity contribution in [1.82, 2.24) is 0 Å². The van der Waals surface area contributed by atoms with E-state index in [1.54, 1.807) is 48.5 Å². The maximum Gasteiger partial charge on any atom is 0.338 e. The lowest BCUT2D eigenvalue weighted by Gasteiger charge is -2.08. The van der Waals surface area contributed by atoms with Gasteiger partial charge in [0.25, 0.3) is 5.91 Å². The van der Waals surface area contributed by atoms with Crippen LogP contribution in [0.15, 0.2) is 53.0 Å². The predicted molar refractivity (Wildman–Crippen MR) is 84.5 cm³/mol. The molecule has 0 aliphatic rings. The third-order valence-electron chi connectivity index (χ3n) is 2.54. The Kier molecular flexibility index (Phi) is 5.36. The maximum absolute atomic E-state index is 11.8. The summed E-state index contributed by atoms with van der Waals surface area (Å²) in [6, 6.07) is 13.6. The summed E-state index contributed by atoms with van der Waals surface area (Å²) in [6.45, 7) is -0.378. The third-order valence-corrected chi connectivity index (χ3v) is 3.37. The molecule has 0 heterocycles. The van der Waals surface area contributed by atoms with E-state index in [-0.39, 0.29) is 6.61 Å². The highest BCUT2D eigenvalue weighted by Gasteiger charge is 2.11. The SMILES string of the molecule is O=C(COC(=O)c1cccc(Br)c1)Nc1ccccc1Cl. The molecule has 0 saturated heterocycles. The standard InChI is InChI=1S/C15H11BrClNO3/c16-11-5-3-4-10(8-11)15(20)21-9-14(19)18-13-7-2-1-6-12(13)17/h1-8H,9H2,(H,18,19). The number of hydrogen-bond acceptors (Lipinski definition) is 3. The zero-order chi connectivity index (χ0) is 15.2. The van der Waals surface area contributed by atoms with Crippen molar-refractivity contribution in [2.75, 3.05) is 11.9 Å². The summed E-state index contributed by atoms with van der Waals surface area (Å²) >= 11 is 9.18. The van der Waals surface area contributed by atoms with E-state index >= 15 is 0 Å². The van der Waals surface area contributed by atoms with E-state index in [9.17, 15) is 9.59 Å². The normalized spacial score (nSPS) is 10.0. The number of para-hydroxylation sites is 1. The molecule has 21 heavy (non-hydrogen) atoms. The van der Waals surface area contributed by atoms with Crippen LogP contribution in [-0.4, -0.2) is 18.5 Å². The van der Waals surface area contributed by atoms with Crippen LogP contribution in [0, 0.1) is 0 Å². The molecule has 6 heteroatoms. The Morgan fingerprint density at radius 1 is 1.14 bits per heavy atom. The van der Waals surface area contributed by atoms with Gasteiger partial charge in [-0.1, -0.05) is 45.7 Å². The topological polar surface area (TPSA) is 55.4 Å². The zero-order valence-electron chi connectivity index (χ0n) is 10.8. The lowest BCUT2D eigenvalue weighted by molar-refractivity contribution is -0.119. The minimum Gasteiger partial charge on any atom is -0.452 e. The number of esters is 1. The van der Waals surface area contributed by atoms with E-state index in [4.69, 9.17) is 16.3 Å². The highest BCUT2D eigenvalue weighted by molar-refractivity contribution is 9.10. The Morgan fingerprint density at radius 2 is 1.90 bits per heavy atom. The average Bonchev–Trinajstić information content (AvgIpc) is 2.47. The van der Waals surface area contributed by atoms with E-state index in [0.717, 1.165) is 4.47 Å². The molecule has 0 unspecified atom stereocenters. The van der Waals surface area contributed by atoms with Crippen molar-refractivity contribution >= 4 is 45.1 Å². The summed E-state index contributed by atoms with van der Waals surface area (Å²) in [5.41, 5.74) is 0.845. The fourth-order valence-corrected chi connectivity index (χ4v) is 2.16. The van der Waals surface area contributed by atoms with Gasteiger partial charge in [0.2, 0.25) is 0 Å². The number of carbonyl (C=O) groups is 2. The number of anilines is 1. The first kappa shape index (κ1) is 15.5. The molecule has 0 aliphatic heterocycles. The molecule has 2 rings (SSSR count). The number of ether oxygens (including phenoxy) is 1. The highest BCUT2D eigenvalue weighted by Crippen LogP contribution is 2.20. The Bertz CT molecular complexity index is 675. The van der Waals surface area contributed by atoms with E-state index in [1.807, 2.05) is 0 Å². The fraction of sp³-hybridized carbons (Fsp3) is 0.0667. The molecular weight excluding hydrogens is 358 g/mol. The third kappa shape index (κ3) is 4.58. The van der Waals surface area contributed by atoms with E-state index in [2.05, 4.69) is 21.2 Å². The van der Waals surface area contributed by atoms with Crippen molar-refractivity contribution in [3.63, 3.8) is 0 Å². The molecule has 0 radical (unpaired) electrons. The summed E-state index contributed by atoms with van der Waals surface area (Å²) in [4.78, 5) is 23.5. The van der Waals surface area contributed by atoms with Crippen LogP contribution in [0.1, 0.15) is 10.4 Å². The number of nitrogens with one attached hydrogen (secondary N) is 1. The number of amides is 1. The number of halogens is 2. The van der Waals surface area contributed by atoms with Crippen LogP contribution in [-0.2, 0) is 9.53 Å². The van der Waals surface area contributed by atoms with Crippen molar-refractivity contribution in [1.29, 1.82) is 0 Å². The van der Waals surface area contributed by atoms with Crippen molar-refractivity contribution in [3.8, 4) is 0 Å². The summed E-state index contributed by atoms with van der Waals surface area (Å²) in [6.07, 6.45) is 0. The molecule has 0 bridgehead atoms. The Labute approximate surface area is 135 Å². The molecule has 0 spiro atoms. The molecule has 0 fully saturated rings. The van der Waals surface area contributed by atoms with Gasteiger partial charge in [-0.3, -0.25) is 4.79 Å². The molecule has 0 saturated carbocycles. The van der Waals surface area contributed by atoms with Gasteiger partial charge in [0.1, 0.15) is 0 Å². The van der Waals surface area contributed by atoms with Crippen LogP contribution in [0.5, 0.6) is 0 Å². The molecule has 1 N–H and O–H groups in total. The second-order valence-electron chi connectivity index (χ2n) is 4.11. The van der Waals surface area contributed by atoms with Crippen molar-refractivity contribution in [3.05, 3.63) is 63.6 Å². The quantitative estimate of drug-likeness (QED) is 0.833. The Morgan fingerprint density at radius 3 is 2.62 bits per heavy atom. The monoisotopic (exact) mass is 367 g/mol. The van der Waals surface area contributed by atoms with Gasteiger partial charge in [0.15, 0.2) is 6.61 Å². The van der Waals surface area contributed by atoms with Crippen LogP contribution in [0.25, 0.3) is 0 Å². The van der Waals surface area contributed by atoms with Crippen LogP contribution >= 0.6 is 27.5 Å². The number of carbonyl (C=O) groups excluding carboxylic acids is 2. The maximum atomic E-state index is 11.8. The number of rotatable bonds is 4. The first-order valence-corrected chi connectivity index (χ1v) is 7.20. The number of hydrogen-bond donors (Lipinski definition) is 1. The van der Waals surface area contributed by atoms with Crippen LogP contribution in [0.3, 0.4) is 0 Å². The van der Waals surface area contributed by atoms with Gasteiger partial charge in [-0.05, 0) is 30.3 Å². The first-order valence-electron chi connectivity index (χ1n) is 6.03. The van der Waals surface area contributed by atoms with Crippen molar-refractivity contribution < 1.29 is 14.3 Å². The molecule has 2 aromatic carbocycles. The molecule has 1 amide bonds. The van der Waals surface area contributed by atoms with Gasteiger partial charge in [-0.2, -0.15) is 0 Å². The largest absolute Gasteiger partial charge is 0.452 e. The van der Waals surface area contributed by atoms with Gasteiger partial charge in [-0.15, -0.1) is 0 Å². The molecule has 0 atom stereocenters. The van der Waals surface area contributed by atoms with Crippen molar-refractivity contribution in [2.24, 2.45) is 0 Å². The van der Waals surface area contributed by atoms with E-state index in [0.29, 0.717) is 16.3 Å². The lowest BCUT2D eigenvalue weighted by Crippen LogP contribution is -2.21.